The van der Waals surface area contributed by atoms with Gasteiger partial charge in [-0.15, -0.1) is 0 Å². The molecule has 2 aromatic rings. The van der Waals surface area contributed by atoms with Crippen LogP contribution in [0.2, 0.25) is 0 Å². The predicted molar refractivity (Wildman–Crippen MR) is 78.2 cm³/mol. The minimum Gasteiger partial charge on any atom is -0.489 e. The molecule has 3 atom stereocenters. The lowest BCUT2D eigenvalue weighted by molar-refractivity contribution is 0.140. The van der Waals surface area contributed by atoms with Crippen molar-refractivity contribution in [2.24, 2.45) is 11.8 Å². The first-order valence-corrected chi connectivity index (χ1v) is 7.19. The Morgan fingerprint density at radius 3 is 2.75 bits per heavy atom. The number of fused-ring (bicyclic) bond motifs is 3. The highest BCUT2D eigenvalue weighted by Crippen LogP contribution is 2.46. The Morgan fingerprint density at radius 2 is 2.00 bits per heavy atom. The highest BCUT2D eigenvalue weighted by molar-refractivity contribution is 5.94. The third-order valence-electron chi connectivity index (χ3n) is 4.68. The molecule has 0 aliphatic heterocycles. The SMILES string of the molecule is Nc1nc(N)c2c(O[C@@H]3C[C@H]4CC[C@@H]3C4)cccc2n1. The van der Waals surface area contributed by atoms with Crippen molar-refractivity contribution < 1.29 is 4.74 Å². The number of rotatable bonds is 2. The summed E-state index contributed by atoms with van der Waals surface area (Å²) in [5, 5.41) is 0.782. The number of aromatic nitrogens is 2. The molecule has 2 aliphatic carbocycles. The lowest BCUT2D eigenvalue weighted by atomic mass is 9.97. The van der Waals surface area contributed by atoms with Gasteiger partial charge in [0.05, 0.1) is 10.9 Å². The Hall–Kier alpha value is -2.04. The van der Waals surface area contributed by atoms with Crippen LogP contribution in [0.1, 0.15) is 25.7 Å². The van der Waals surface area contributed by atoms with E-state index < -0.39 is 0 Å². The zero-order chi connectivity index (χ0) is 13.7. The van der Waals surface area contributed by atoms with Crippen LogP contribution in [0.3, 0.4) is 0 Å². The van der Waals surface area contributed by atoms with Crippen molar-refractivity contribution in [1.29, 1.82) is 0 Å². The molecular weight excluding hydrogens is 252 g/mol. The van der Waals surface area contributed by atoms with Gasteiger partial charge in [0.1, 0.15) is 17.7 Å². The van der Waals surface area contributed by atoms with Gasteiger partial charge in [-0.05, 0) is 49.7 Å². The molecule has 4 rings (SSSR count). The van der Waals surface area contributed by atoms with Gasteiger partial charge in [0.15, 0.2) is 0 Å². The second-order valence-electron chi connectivity index (χ2n) is 5.95. The van der Waals surface area contributed by atoms with E-state index in [2.05, 4.69) is 9.97 Å². The lowest BCUT2D eigenvalue weighted by Crippen LogP contribution is -2.23. The monoisotopic (exact) mass is 270 g/mol. The Labute approximate surface area is 117 Å². The molecule has 0 spiro atoms. The fourth-order valence-corrected chi connectivity index (χ4v) is 3.79. The van der Waals surface area contributed by atoms with Crippen molar-refractivity contribution in [3.8, 4) is 5.75 Å². The first kappa shape index (κ1) is 11.8. The first-order chi connectivity index (χ1) is 9.70. The Bertz CT molecular complexity index is 672. The molecule has 1 heterocycles. The third kappa shape index (κ3) is 1.77. The summed E-state index contributed by atoms with van der Waals surface area (Å²) in [6.45, 7) is 0. The molecule has 0 radical (unpaired) electrons. The van der Waals surface area contributed by atoms with Gasteiger partial charge >= 0.3 is 0 Å². The molecule has 0 saturated heterocycles. The molecule has 2 fully saturated rings. The summed E-state index contributed by atoms with van der Waals surface area (Å²) in [5.74, 6) is 2.94. The summed E-state index contributed by atoms with van der Waals surface area (Å²) in [7, 11) is 0. The highest BCUT2D eigenvalue weighted by Gasteiger charge is 2.41. The molecule has 1 aromatic heterocycles. The van der Waals surface area contributed by atoms with E-state index in [-0.39, 0.29) is 5.95 Å². The van der Waals surface area contributed by atoms with Gasteiger partial charge in [0.2, 0.25) is 5.95 Å². The van der Waals surface area contributed by atoms with Crippen LogP contribution in [0.15, 0.2) is 18.2 Å². The van der Waals surface area contributed by atoms with Crippen LogP contribution in [0.25, 0.3) is 10.9 Å². The van der Waals surface area contributed by atoms with Crippen molar-refractivity contribution in [2.45, 2.75) is 31.8 Å². The highest BCUT2D eigenvalue weighted by atomic mass is 16.5. The maximum Gasteiger partial charge on any atom is 0.222 e. The number of ether oxygens (including phenoxy) is 1. The standard InChI is InChI=1S/C15H18N4O/c16-14-13-10(18-15(17)19-14)2-1-3-11(13)20-12-7-8-4-5-9(12)6-8/h1-3,8-9,12H,4-7H2,(H4,16,17,18,19)/t8-,9+,12+/m0/s1. The zero-order valence-corrected chi connectivity index (χ0v) is 11.2. The van der Waals surface area contributed by atoms with Crippen molar-refractivity contribution >= 4 is 22.7 Å². The smallest absolute Gasteiger partial charge is 0.222 e. The molecule has 2 aliphatic rings. The Morgan fingerprint density at radius 1 is 1.10 bits per heavy atom. The summed E-state index contributed by atoms with van der Waals surface area (Å²) < 4.78 is 6.24. The van der Waals surface area contributed by atoms with E-state index in [1.165, 1.54) is 19.3 Å². The van der Waals surface area contributed by atoms with Gasteiger partial charge in [-0.3, -0.25) is 0 Å². The molecule has 5 nitrogen and oxygen atoms in total. The van der Waals surface area contributed by atoms with E-state index in [0.29, 0.717) is 17.8 Å². The average molecular weight is 270 g/mol. The normalized spacial score (nSPS) is 28.1. The van der Waals surface area contributed by atoms with Gasteiger partial charge in [-0.2, -0.15) is 4.98 Å². The molecule has 2 saturated carbocycles. The molecule has 5 heteroatoms. The Kier molecular flexibility index (Phi) is 2.49. The molecule has 104 valence electrons. The number of nitrogens with zero attached hydrogens (tertiary/aromatic N) is 2. The van der Waals surface area contributed by atoms with Crippen LogP contribution < -0.4 is 16.2 Å². The molecule has 0 unspecified atom stereocenters. The minimum absolute atomic E-state index is 0.201. The molecule has 4 N–H and O–H groups in total. The second-order valence-corrected chi connectivity index (χ2v) is 5.95. The van der Waals surface area contributed by atoms with Gasteiger partial charge < -0.3 is 16.2 Å². The first-order valence-electron chi connectivity index (χ1n) is 7.19. The van der Waals surface area contributed by atoms with Crippen molar-refractivity contribution in [1.82, 2.24) is 9.97 Å². The van der Waals surface area contributed by atoms with E-state index in [1.807, 2.05) is 18.2 Å². The van der Waals surface area contributed by atoms with E-state index in [1.54, 1.807) is 0 Å². The van der Waals surface area contributed by atoms with Crippen LogP contribution in [-0.4, -0.2) is 16.1 Å². The Balaban J connectivity index is 1.73. The summed E-state index contributed by atoms with van der Waals surface area (Å²) in [5.41, 5.74) is 12.4. The lowest BCUT2D eigenvalue weighted by Gasteiger charge is -2.24. The molecule has 0 amide bonds. The fraction of sp³-hybridized carbons (Fsp3) is 0.467. The van der Waals surface area contributed by atoms with Gasteiger partial charge in [0.25, 0.3) is 0 Å². The van der Waals surface area contributed by atoms with Gasteiger partial charge in [-0.1, -0.05) is 6.07 Å². The summed E-state index contributed by atoms with van der Waals surface area (Å²) in [6.07, 6.45) is 5.45. The molecule has 2 bridgehead atoms. The van der Waals surface area contributed by atoms with Crippen molar-refractivity contribution in [2.75, 3.05) is 11.5 Å². The van der Waals surface area contributed by atoms with Crippen LogP contribution in [0.5, 0.6) is 5.75 Å². The second kappa shape index (κ2) is 4.23. The topological polar surface area (TPSA) is 87.0 Å². The molecular formula is C15H18N4O. The van der Waals surface area contributed by atoms with Crippen LogP contribution in [0.4, 0.5) is 11.8 Å². The maximum absolute atomic E-state index is 6.24. The largest absolute Gasteiger partial charge is 0.489 e. The number of hydrogen-bond donors (Lipinski definition) is 2. The third-order valence-corrected chi connectivity index (χ3v) is 4.68. The maximum atomic E-state index is 6.24. The van der Waals surface area contributed by atoms with E-state index in [4.69, 9.17) is 16.2 Å². The summed E-state index contributed by atoms with van der Waals surface area (Å²) in [4.78, 5) is 8.28. The van der Waals surface area contributed by atoms with Gasteiger partial charge in [-0.25, -0.2) is 4.98 Å². The molecule has 1 aromatic carbocycles. The van der Waals surface area contributed by atoms with Crippen LogP contribution in [0, 0.1) is 11.8 Å². The van der Waals surface area contributed by atoms with Crippen molar-refractivity contribution in [3.05, 3.63) is 18.2 Å². The number of nitrogen functional groups attached to an aromatic ring is 2. The minimum atomic E-state index is 0.201. The zero-order valence-electron chi connectivity index (χ0n) is 11.2. The number of anilines is 2. The summed E-state index contributed by atoms with van der Waals surface area (Å²) >= 11 is 0. The van der Waals surface area contributed by atoms with E-state index >= 15 is 0 Å². The predicted octanol–water partition coefficient (Wildman–Crippen LogP) is 2.36. The van der Waals surface area contributed by atoms with E-state index in [0.717, 1.165) is 29.0 Å². The number of hydrogen-bond acceptors (Lipinski definition) is 5. The van der Waals surface area contributed by atoms with Gasteiger partial charge in [0, 0.05) is 0 Å². The van der Waals surface area contributed by atoms with E-state index in [9.17, 15) is 0 Å². The van der Waals surface area contributed by atoms with Crippen molar-refractivity contribution in [3.63, 3.8) is 0 Å². The average Bonchev–Trinajstić information content (AvgIpc) is 3.00. The number of nitrogens with two attached hydrogens (primary N) is 2. The quantitative estimate of drug-likeness (QED) is 0.874. The van der Waals surface area contributed by atoms with Crippen LogP contribution in [-0.2, 0) is 0 Å². The van der Waals surface area contributed by atoms with Crippen LogP contribution >= 0.6 is 0 Å². The summed E-state index contributed by atoms with van der Waals surface area (Å²) in [6, 6.07) is 5.76. The molecule has 20 heavy (non-hydrogen) atoms. The number of benzene rings is 1. The fourth-order valence-electron chi connectivity index (χ4n) is 3.79.